The zero-order valence-electron chi connectivity index (χ0n) is 15.1. The van der Waals surface area contributed by atoms with Crippen molar-refractivity contribution in [3.05, 3.63) is 41.2 Å². The lowest BCUT2D eigenvalue weighted by molar-refractivity contribution is 0.00578. The van der Waals surface area contributed by atoms with Gasteiger partial charge < -0.3 is 9.31 Å². The molecular weight excluding hydrogens is 303 g/mol. The minimum Gasteiger partial charge on any atom is -0.399 e. The van der Waals surface area contributed by atoms with Crippen LogP contribution in [-0.2, 0) is 9.31 Å². The number of rotatable bonds is 3. The van der Waals surface area contributed by atoms with Gasteiger partial charge in [0.1, 0.15) is 0 Å². The molecule has 24 heavy (non-hydrogen) atoms. The first kappa shape index (κ1) is 16.9. The predicted octanol–water partition coefficient (Wildman–Crippen LogP) is 2.60. The molecule has 3 rings (SSSR count). The molecule has 126 valence electrons. The fourth-order valence-corrected chi connectivity index (χ4v) is 2.83. The molecule has 1 aliphatic heterocycles. The molecule has 0 spiro atoms. The third kappa shape index (κ3) is 2.60. The number of aldehydes is 1. The van der Waals surface area contributed by atoms with Crippen LogP contribution in [0.3, 0.4) is 0 Å². The Morgan fingerprint density at radius 1 is 1.04 bits per heavy atom. The number of nitrogens with zero attached hydrogens (tertiary/aromatic N) is 2. The van der Waals surface area contributed by atoms with E-state index in [1.807, 2.05) is 65.8 Å². The minimum atomic E-state index is -0.380. The van der Waals surface area contributed by atoms with Crippen LogP contribution in [0.1, 0.15) is 49.4 Å². The maximum atomic E-state index is 11.2. The summed E-state index contributed by atoms with van der Waals surface area (Å²) in [4.78, 5) is 11.2. The smallest absolute Gasteiger partial charge is 0.399 e. The lowest BCUT2D eigenvalue weighted by Gasteiger charge is -2.32. The Morgan fingerprint density at radius 2 is 1.58 bits per heavy atom. The van der Waals surface area contributed by atoms with Crippen molar-refractivity contribution in [3.8, 4) is 5.69 Å². The SMILES string of the molecule is Cc1nn(-c2ccc(B3OC(C)(C)C(C)(C)O3)cc2)c(C)c1C=O. The van der Waals surface area contributed by atoms with Gasteiger partial charge in [-0.1, -0.05) is 12.1 Å². The quantitative estimate of drug-likeness (QED) is 0.643. The molecule has 2 aromatic rings. The van der Waals surface area contributed by atoms with Gasteiger partial charge in [-0.05, 0) is 59.1 Å². The average molecular weight is 326 g/mol. The van der Waals surface area contributed by atoms with E-state index < -0.39 is 0 Å². The molecule has 1 aromatic carbocycles. The molecule has 1 aromatic heterocycles. The van der Waals surface area contributed by atoms with Crippen molar-refractivity contribution < 1.29 is 14.1 Å². The second-order valence-corrected chi connectivity index (χ2v) is 7.29. The van der Waals surface area contributed by atoms with Crippen molar-refractivity contribution in [3.63, 3.8) is 0 Å². The molecule has 5 nitrogen and oxygen atoms in total. The lowest BCUT2D eigenvalue weighted by Crippen LogP contribution is -2.41. The first-order chi connectivity index (χ1) is 11.2. The molecule has 1 aliphatic rings. The van der Waals surface area contributed by atoms with Gasteiger partial charge in [-0.3, -0.25) is 4.79 Å². The van der Waals surface area contributed by atoms with Crippen LogP contribution >= 0.6 is 0 Å². The Balaban J connectivity index is 1.89. The second-order valence-electron chi connectivity index (χ2n) is 7.29. The Morgan fingerprint density at radius 3 is 2.04 bits per heavy atom. The molecule has 0 atom stereocenters. The maximum Gasteiger partial charge on any atom is 0.494 e. The highest BCUT2D eigenvalue weighted by Gasteiger charge is 2.51. The summed E-state index contributed by atoms with van der Waals surface area (Å²) in [5.41, 5.74) is 3.38. The summed E-state index contributed by atoms with van der Waals surface area (Å²) in [6.07, 6.45) is 0.854. The van der Waals surface area contributed by atoms with Crippen LogP contribution in [-0.4, -0.2) is 34.4 Å². The number of hydrogen-bond donors (Lipinski definition) is 0. The Labute approximate surface area is 143 Å². The van der Waals surface area contributed by atoms with Gasteiger partial charge in [0.25, 0.3) is 0 Å². The molecule has 0 saturated carbocycles. The molecule has 1 fully saturated rings. The second kappa shape index (κ2) is 5.57. The number of benzene rings is 1. The zero-order valence-corrected chi connectivity index (χ0v) is 15.1. The Bertz CT molecular complexity index is 762. The van der Waals surface area contributed by atoms with Crippen molar-refractivity contribution in [2.45, 2.75) is 52.7 Å². The predicted molar refractivity (Wildman–Crippen MR) is 94.1 cm³/mol. The van der Waals surface area contributed by atoms with Gasteiger partial charge in [-0.25, -0.2) is 4.68 Å². The van der Waals surface area contributed by atoms with Crippen LogP contribution in [0.2, 0.25) is 0 Å². The summed E-state index contributed by atoms with van der Waals surface area (Å²) in [6.45, 7) is 11.9. The zero-order chi connectivity index (χ0) is 17.7. The molecule has 0 radical (unpaired) electrons. The number of carbonyl (C=O) groups excluding carboxylic acids is 1. The standard InChI is InChI=1S/C18H23BN2O3/c1-12-16(11-22)13(2)21(20-12)15-9-7-14(8-10-15)19-23-17(3,4)18(5,6)24-19/h7-11H,1-6H3. The number of hydrogen-bond acceptors (Lipinski definition) is 4. The molecule has 0 unspecified atom stereocenters. The van der Waals surface area contributed by atoms with Crippen molar-refractivity contribution in [2.24, 2.45) is 0 Å². The van der Waals surface area contributed by atoms with E-state index in [4.69, 9.17) is 9.31 Å². The molecule has 2 heterocycles. The van der Waals surface area contributed by atoms with Gasteiger partial charge in [-0.15, -0.1) is 0 Å². The van der Waals surface area contributed by atoms with Crippen LogP contribution < -0.4 is 5.46 Å². The number of carbonyl (C=O) groups is 1. The van der Waals surface area contributed by atoms with Crippen LogP contribution in [0.4, 0.5) is 0 Å². The highest BCUT2D eigenvalue weighted by Crippen LogP contribution is 2.36. The van der Waals surface area contributed by atoms with Gasteiger partial charge in [0, 0.05) is 0 Å². The van der Waals surface area contributed by atoms with Gasteiger partial charge in [0.05, 0.1) is 33.8 Å². The van der Waals surface area contributed by atoms with Crippen LogP contribution in [0, 0.1) is 13.8 Å². The first-order valence-corrected chi connectivity index (χ1v) is 8.13. The largest absolute Gasteiger partial charge is 0.494 e. The van der Waals surface area contributed by atoms with E-state index in [-0.39, 0.29) is 18.3 Å². The lowest BCUT2D eigenvalue weighted by atomic mass is 9.79. The third-order valence-electron chi connectivity index (χ3n) is 5.13. The van der Waals surface area contributed by atoms with Crippen LogP contribution in [0.15, 0.2) is 24.3 Å². The van der Waals surface area contributed by atoms with E-state index in [0.29, 0.717) is 5.56 Å². The third-order valence-corrected chi connectivity index (χ3v) is 5.13. The molecule has 6 heteroatoms. The summed E-state index contributed by atoms with van der Waals surface area (Å²) in [6, 6.07) is 7.89. The minimum absolute atomic E-state index is 0.356. The summed E-state index contributed by atoms with van der Waals surface area (Å²) >= 11 is 0. The van der Waals surface area contributed by atoms with Crippen molar-refractivity contribution in [2.75, 3.05) is 0 Å². The summed E-state index contributed by atoms with van der Waals surface area (Å²) in [5.74, 6) is 0. The average Bonchev–Trinajstić information content (AvgIpc) is 2.91. The number of aromatic nitrogens is 2. The van der Waals surface area contributed by atoms with E-state index in [1.165, 1.54) is 0 Å². The maximum absolute atomic E-state index is 11.2. The van der Waals surface area contributed by atoms with E-state index in [0.717, 1.165) is 28.8 Å². The van der Waals surface area contributed by atoms with E-state index >= 15 is 0 Å². The van der Waals surface area contributed by atoms with Crippen molar-refractivity contribution >= 4 is 18.9 Å². The molecule has 1 saturated heterocycles. The topological polar surface area (TPSA) is 53.4 Å². The van der Waals surface area contributed by atoms with Crippen LogP contribution in [0.25, 0.3) is 5.69 Å². The molecule has 0 amide bonds. The summed E-state index contributed by atoms with van der Waals surface area (Å²) in [5, 5.41) is 4.45. The monoisotopic (exact) mass is 326 g/mol. The van der Waals surface area contributed by atoms with Crippen LogP contribution in [0.5, 0.6) is 0 Å². The highest BCUT2D eigenvalue weighted by molar-refractivity contribution is 6.62. The Hall–Kier alpha value is -1.92. The highest BCUT2D eigenvalue weighted by atomic mass is 16.7. The van der Waals surface area contributed by atoms with Crippen molar-refractivity contribution in [1.82, 2.24) is 9.78 Å². The van der Waals surface area contributed by atoms with Gasteiger partial charge in [0.15, 0.2) is 6.29 Å². The number of aryl methyl sites for hydroxylation is 1. The molecule has 0 N–H and O–H groups in total. The first-order valence-electron chi connectivity index (χ1n) is 8.13. The van der Waals surface area contributed by atoms with Gasteiger partial charge in [0.2, 0.25) is 0 Å². The van der Waals surface area contributed by atoms with Crippen molar-refractivity contribution in [1.29, 1.82) is 0 Å². The van der Waals surface area contributed by atoms with Gasteiger partial charge in [-0.2, -0.15) is 5.10 Å². The van der Waals surface area contributed by atoms with Gasteiger partial charge >= 0.3 is 7.12 Å². The summed E-state index contributed by atoms with van der Waals surface area (Å²) in [7, 11) is -0.380. The Kier molecular flexibility index (Phi) is 3.93. The van der Waals surface area contributed by atoms with E-state index in [9.17, 15) is 4.79 Å². The fourth-order valence-electron chi connectivity index (χ4n) is 2.83. The van der Waals surface area contributed by atoms with E-state index in [2.05, 4.69) is 5.10 Å². The summed E-state index contributed by atoms with van der Waals surface area (Å²) < 4.78 is 13.9. The normalized spacial score (nSPS) is 18.8. The fraction of sp³-hybridized carbons (Fsp3) is 0.444. The molecule has 0 aliphatic carbocycles. The molecular formula is C18H23BN2O3. The molecule has 0 bridgehead atoms. The van der Waals surface area contributed by atoms with E-state index in [1.54, 1.807) is 4.68 Å².